The second-order valence-electron chi connectivity index (χ2n) is 8.82. The number of para-hydroxylation sites is 1. The molecule has 9 heteroatoms. The van der Waals surface area contributed by atoms with Gasteiger partial charge < -0.3 is 4.90 Å². The Morgan fingerprint density at radius 3 is 2.73 bits per heavy atom. The first-order valence-electron chi connectivity index (χ1n) is 10.5. The van der Waals surface area contributed by atoms with Gasteiger partial charge in [-0.1, -0.05) is 12.1 Å². The molecule has 0 radical (unpaired) electrons. The lowest BCUT2D eigenvalue weighted by Crippen LogP contribution is -2.48. The van der Waals surface area contributed by atoms with Crippen molar-refractivity contribution in [2.24, 2.45) is 0 Å². The van der Waals surface area contributed by atoms with Crippen molar-refractivity contribution in [3.05, 3.63) is 40.4 Å². The van der Waals surface area contributed by atoms with Crippen LogP contribution in [0.2, 0.25) is 0 Å². The van der Waals surface area contributed by atoms with E-state index < -0.39 is 9.84 Å². The minimum Gasteiger partial charge on any atom is -0.333 e. The molecule has 1 aromatic heterocycles. The summed E-state index contributed by atoms with van der Waals surface area (Å²) >= 11 is 0. The molecule has 0 unspecified atom stereocenters. The zero-order valence-corrected chi connectivity index (χ0v) is 17.8. The standard InChI is InChI=1S/C21H26N4O4S/c1-23(16-8-9-30(28,29)13-16)12-20(26)25-14-6-7-15(25)11-24-19(10-14)22-18-5-3-2-4-17(18)21(24)27/h2-5,14-16H,6-13H2,1H3/t14-,15+,16+/m0/s1. The second-order valence-corrected chi connectivity index (χ2v) is 11.1. The third-order valence-corrected chi connectivity index (χ3v) is 8.63. The third-order valence-electron chi connectivity index (χ3n) is 6.88. The molecule has 0 saturated carbocycles. The Labute approximate surface area is 175 Å². The fourth-order valence-corrected chi connectivity index (χ4v) is 7.08. The van der Waals surface area contributed by atoms with Crippen LogP contribution in [-0.2, 0) is 27.6 Å². The second kappa shape index (κ2) is 7.16. The van der Waals surface area contributed by atoms with Crippen LogP contribution in [-0.4, -0.2) is 76.9 Å². The van der Waals surface area contributed by atoms with Crippen molar-refractivity contribution in [2.75, 3.05) is 25.1 Å². The number of hydrogen-bond donors (Lipinski definition) is 0. The maximum absolute atomic E-state index is 13.2. The topological polar surface area (TPSA) is 92.6 Å². The largest absolute Gasteiger partial charge is 0.333 e. The summed E-state index contributed by atoms with van der Waals surface area (Å²) in [4.78, 5) is 34.8. The van der Waals surface area contributed by atoms with E-state index >= 15 is 0 Å². The Kier molecular flexibility index (Phi) is 4.70. The van der Waals surface area contributed by atoms with E-state index in [0.717, 1.165) is 18.7 Å². The van der Waals surface area contributed by atoms with Crippen LogP contribution in [0.4, 0.5) is 0 Å². The molecule has 0 aliphatic carbocycles. The van der Waals surface area contributed by atoms with Crippen LogP contribution in [0, 0.1) is 0 Å². The van der Waals surface area contributed by atoms with Crippen LogP contribution in [0.1, 0.15) is 25.1 Å². The highest BCUT2D eigenvalue weighted by molar-refractivity contribution is 7.91. The fourth-order valence-electron chi connectivity index (χ4n) is 5.27. The molecule has 1 amide bonds. The highest BCUT2D eigenvalue weighted by atomic mass is 32.2. The zero-order chi connectivity index (χ0) is 21.0. The molecular formula is C21H26N4O4S. The Hall–Kier alpha value is -2.26. The number of carbonyl (C=O) groups excluding carboxylic acids is 1. The van der Waals surface area contributed by atoms with E-state index in [9.17, 15) is 18.0 Å². The molecular weight excluding hydrogens is 404 g/mol. The van der Waals surface area contributed by atoms with Crippen LogP contribution < -0.4 is 5.56 Å². The minimum absolute atomic E-state index is 0.0136. The van der Waals surface area contributed by atoms with Gasteiger partial charge in [0.05, 0.1) is 35.0 Å². The van der Waals surface area contributed by atoms with Gasteiger partial charge >= 0.3 is 0 Å². The van der Waals surface area contributed by atoms with Gasteiger partial charge in [-0.3, -0.25) is 19.1 Å². The normalized spacial score (nSPS) is 27.4. The molecule has 160 valence electrons. The van der Waals surface area contributed by atoms with E-state index in [-0.39, 0.29) is 47.6 Å². The number of benzene rings is 1. The maximum Gasteiger partial charge on any atom is 0.261 e. The van der Waals surface area contributed by atoms with Crippen molar-refractivity contribution in [1.29, 1.82) is 0 Å². The summed E-state index contributed by atoms with van der Waals surface area (Å²) in [5, 5.41) is 0.610. The first kappa shape index (κ1) is 19.7. The molecule has 2 bridgehead atoms. The van der Waals surface area contributed by atoms with Gasteiger partial charge in [0.1, 0.15) is 5.82 Å². The smallest absolute Gasteiger partial charge is 0.261 e. The predicted molar refractivity (Wildman–Crippen MR) is 113 cm³/mol. The van der Waals surface area contributed by atoms with Gasteiger partial charge in [-0.2, -0.15) is 0 Å². The van der Waals surface area contributed by atoms with Gasteiger partial charge in [0.15, 0.2) is 9.84 Å². The molecule has 0 spiro atoms. The number of nitrogens with zero attached hydrogens (tertiary/aromatic N) is 4. The number of amides is 1. The van der Waals surface area contributed by atoms with Crippen molar-refractivity contribution in [1.82, 2.24) is 19.4 Å². The van der Waals surface area contributed by atoms with Crippen molar-refractivity contribution < 1.29 is 13.2 Å². The Morgan fingerprint density at radius 1 is 1.20 bits per heavy atom. The van der Waals surface area contributed by atoms with Gasteiger partial charge in [-0.05, 0) is 38.4 Å². The van der Waals surface area contributed by atoms with E-state index in [2.05, 4.69) is 0 Å². The van der Waals surface area contributed by atoms with Crippen molar-refractivity contribution in [2.45, 2.75) is 50.4 Å². The Morgan fingerprint density at radius 2 is 1.97 bits per heavy atom. The number of sulfone groups is 1. The highest BCUT2D eigenvalue weighted by Crippen LogP contribution is 2.31. The third kappa shape index (κ3) is 3.33. The molecule has 4 heterocycles. The molecule has 2 fully saturated rings. The highest BCUT2D eigenvalue weighted by Gasteiger charge is 2.41. The lowest BCUT2D eigenvalue weighted by molar-refractivity contribution is -0.135. The monoisotopic (exact) mass is 430 g/mol. The predicted octanol–water partition coefficient (Wildman–Crippen LogP) is 0.431. The van der Waals surface area contributed by atoms with Crippen LogP contribution in [0.15, 0.2) is 29.1 Å². The number of carbonyl (C=O) groups is 1. The summed E-state index contributed by atoms with van der Waals surface area (Å²) in [6, 6.07) is 7.29. The van der Waals surface area contributed by atoms with Gasteiger partial charge in [0, 0.05) is 25.0 Å². The van der Waals surface area contributed by atoms with Crippen molar-refractivity contribution in [3.8, 4) is 0 Å². The van der Waals surface area contributed by atoms with E-state index in [4.69, 9.17) is 4.98 Å². The van der Waals surface area contributed by atoms with Crippen molar-refractivity contribution >= 4 is 26.6 Å². The average molecular weight is 431 g/mol. The SMILES string of the molecule is CN(CC(=O)N1[C@@H]2CC[C@H]1Cc1nc3ccccc3c(=O)n1C2)[C@@H]1CCS(=O)(=O)C1. The van der Waals surface area contributed by atoms with E-state index in [0.29, 0.717) is 30.3 Å². The van der Waals surface area contributed by atoms with Crippen LogP contribution in [0.25, 0.3) is 10.9 Å². The number of hydrogen-bond acceptors (Lipinski definition) is 6. The molecule has 0 N–H and O–H groups in total. The summed E-state index contributed by atoms with van der Waals surface area (Å²) in [6.07, 6.45) is 2.93. The minimum atomic E-state index is -2.99. The summed E-state index contributed by atoms with van der Waals surface area (Å²) in [5.41, 5.74) is 0.662. The van der Waals surface area contributed by atoms with E-state index in [1.165, 1.54) is 0 Å². The number of aromatic nitrogens is 2. The van der Waals surface area contributed by atoms with E-state index in [1.807, 2.05) is 35.0 Å². The van der Waals surface area contributed by atoms with Crippen LogP contribution in [0.3, 0.4) is 0 Å². The zero-order valence-electron chi connectivity index (χ0n) is 17.0. The van der Waals surface area contributed by atoms with Gasteiger partial charge in [0.2, 0.25) is 5.91 Å². The summed E-state index contributed by atoms with van der Waals surface area (Å²) in [5.74, 6) is 1.09. The average Bonchev–Trinajstić information content (AvgIpc) is 3.21. The van der Waals surface area contributed by atoms with Gasteiger partial charge in [-0.15, -0.1) is 0 Å². The summed E-state index contributed by atoms with van der Waals surface area (Å²) < 4.78 is 25.3. The number of likely N-dealkylation sites (N-methyl/N-ethyl adjacent to an activating group) is 1. The number of rotatable bonds is 3. The Balaban J connectivity index is 1.39. The first-order valence-corrected chi connectivity index (χ1v) is 12.3. The van der Waals surface area contributed by atoms with E-state index in [1.54, 1.807) is 10.6 Å². The molecule has 2 aromatic rings. The molecule has 2 saturated heterocycles. The van der Waals surface area contributed by atoms with Crippen LogP contribution >= 0.6 is 0 Å². The molecule has 1 aromatic carbocycles. The molecule has 30 heavy (non-hydrogen) atoms. The quantitative estimate of drug-likeness (QED) is 0.701. The summed E-state index contributed by atoms with van der Waals surface area (Å²) in [6.45, 7) is 0.670. The molecule has 3 aliphatic heterocycles. The first-order chi connectivity index (χ1) is 14.3. The van der Waals surface area contributed by atoms with Crippen molar-refractivity contribution in [3.63, 3.8) is 0 Å². The lowest BCUT2D eigenvalue weighted by atomic mass is 10.1. The van der Waals surface area contributed by atoms with Gasteiger partial charge in [-0.25, -0.2) is 13.4 Å². The molecule has 3 aliphatic rings. The Bertz CT molecular complexity index is 1180. The summed E-state index contributed by atoms with van der Waals surface area (Å²) in [7, 11) is -1.16. The molecule has 3 atom stereocenters. The maximum atomic E-state index is 13.2. The number of fused-ring (bicyclic) bond motifs is 4. The molecule has 5 rings (SSSR count). The van der Waals surface area contributed by atoms with Gasteiger partial charge in [0.25, 0.3) is 5.56 Å². The van der Waals surface area contributed by atoms with Crippen LogP contribution in [0.5, 0.6) is 0 Å². The fraction of sp³-hybridized carbons (Fsp3) is 0.571. The lowest BCUT2D eigenvalue weighted by Gasteiger charge is -2.31. The molecule has 8 nitrogen and oxygen atoms in total.